The lowest BCUT2D eigenvalue weighted by Gasteiger charge is -2.35. The summed E-state index contributed by atoms with van der Waals surface area (Å²) >= 11 is 6.08. The van der Waals surface area contributed by atoms with E-state index in [9.17, 15) is 9.18 Å². The predicted octanol–water partition coefficient (Wildman–Crippen LogP) is 3.02. The van der Waals surface area contributed by atoms with E-state index in [0.717, 1.165) is 0 Å². The van der Waals surface area contributed by atoms with Gasteiger partial charge in [-0.2, -0.15) is 0 Å². The molecule has 0 atom stereocenters. The van der Waals surface area contributed by atoms with E-state index in [4.69, 9.17) is 17.3 Å². The molecular weight excluding hydrogens is 329 g/mol. The van der Waals surface area contributed by atoms with Crippen LogP contribution in [0.25, 0.3) is 0 Å². The van der Waals surface area contributed by atoms with Gasteiger partial charge in [-0.25, -0.2) is 4.39 Å². The van der Waals surface area contributed by atoms with E-state index < -0.39 is 0 Å². The molecule has 0 aliphatic carbocycles. The largest absolute Gasteiger partial charge is 0.399 e. The third-order valence-electron chi connectivity index (χ3n) is 4.24. The molecule has 2 aromatic carbocycles. The molecule has 2 aromatic rings. The van der Waals surface area contributed by atoms with E-state index >= 15 is 0 Å². The first-order chi connectivity index (χ1) is 11.5. The van der Waals surface area contributed by atoms with Crippen LogP contribution in [0.5, 0.6) is 0 Å². The van der Waals surface area contributed by atoms with Crippen LogP contribution in [0.4, 0.5) is 10.1 Å². The van der Waals surface area contributed by atoms with Gasteiger partial charge < -0.3 is 10.6 Å². The number of hydrogen-bond acceptors (Lipinski definition) is 3. The normalized spacial score (nSPS) is 15.5. The first-order valence-corrected chi connectivity index (χ1v) is 8.22. The Bertz CT molecular complexity index is 725. The summed E-state index contributed by atoms with van der Waals surface area (Å²) in [4.78, 5) is 16.4. The maximum absolute atomic E-state index is 13.9. The van der Waals surface area contributed by atoms with Gasteiger partial charge >= 0.3 is 0 Å². The van der Waals surface area contributed by atoms with Gasteiger partial charge in [-0.05, 0) is 30.3 Å². The zero-order valence-corrected chi connectivity index (χ0v) is 14.0. The maximum Gasteiger partial charge on any atom is 0.254 e. The van der Waals surface area contributed by atoms with Crippen LogP contribution in [0.2, 0.25) is 5.02 Å². The zero-order chi connectivity index (χ0) is 17.1. The summed E-state index contributed by atoms with van der Waals surface area (Å²) in [5.41, 5.74) is 7.42. The highest BCUT2D eigenvalue weighted by atomic mass is 35.5. The van der Waals surface area contributed by atoms with Crippen molar-refractivity contribution in [2.75, 3.05) is 31.9 Å². The van der Waals surface area contributed by atoms with Crippen molar-refractivity contribution in [2.24, 2.45) is 0 Å². The molecule has 0 unspecified atom stereocenters. The van der Waals surface area contributed by atoms with Crippen LogP contribution in [0, 0.1) is 5.82 Å². The Morgan fingerprint density at radius 3 is 2.50 bits per heavy atom. The van der Waals surface area contributed by atoms with Gasteiger partial charge in [-0.15, -0.1) is 0 Å². The number of carbonyl (C=O) groups excluding carboxylic acids is 1. The maximum atomic E-state index is 13.9. The summed E-state index contributed by atoms with van der Waals surface area (Å²) in [5.74, 6) is -0.313. The second-order valence-corrected chi connectivity index (χ2v) is 6.30. The van der Waals surface area contributed by atoms with Gasteiger partial charge in [0.1, 0.15) is 5.82 Å². The molecule has 6 heteroatoms. The van der Waals surface area contributed by atoms with E-state index in [1.165, 1.54) is 6.07 Å². The number of nitrogen functional groups attached to an aromatic ring is 1. The van der Waals surface area contributed by atoms with Gasteiger partial charge in [-0.3, -0.25) is 9.69 Å². The van der Waals surface area contributed by atoms with Crippen molar-refractivity contribution in [3.05, 3.63) is 64.4 Å². The zero-order valence-electron chi connectivity index (χ0n) is 13.2. The highest BCUT2D eigenvalue weighted by Crippen LogP contribution is 2.21. The smallest absolute Gasteiger partial charge is 0.254 e. The Morgan fingerprint density at radius 1 is 1.12 bits per heavy atom. The Hall–Kier alpha value is -2.11. The second-order valence-electron chi connectivity index (χ2n) is 5.89. The molecule has 2 N–H and O–H groups in total. The third-order valence-corrected chi connectivity index (χ3v) is 4.59. The number of halogens is 2. The van der Waals surface area contributed by atoms with Crippen molar-refractivity contribution >= 4 is 23.2 Å². The molecule has 0 bridgehead atoms. The second kappa shape index (κ2) is 7.20. The van der Waals surface area contributed by atoms with Crippen molar-refractivity contribution in [3.63, 3.8) is 0 Å². The molecule has 126 valence electrons. The fourth-order valence-corrected chi connectivity index (χ4v) is 3.09. The van der Waals surface area contributed by atoms with E-state index in [1.807, 2.05) is 0 Å². The van der Waals surface area contributed by atoms with Crippen LogP contribution in [0.15, 0.2) is 42.5 Å². The molecule has 1 heterocycles. The van der Waals surface area contributed by atoms with Crippen molar-refractivity contribution < 1.29 is 9.18 Å². The lowest BCUT2D eigenvalue weighted by atomic mass is 10.1. The van der Waals surface area contributed by atoms with Gasteiger partial charge in [-0.1, -0.05) is 23.7 Å². The summed E-state index contributed by atoms with van der Waals surface area (Å²) in [6, 6.07) is 11.7. The summed E-state index contributed by atoms with van der Waals surface area (Å²) in [6.07, 6.45) is 0. The Morgan fingerprint density at radius 2 is 1.83 bits per heavy atom. The average molecular weight is 348 g/mol. The number of rotatable bonds is 3. The Labute approximate surface area is 145 Å². The van der Waals surface area contributed by atoms with E-state index in [1.54, 1.807) is 41.3 Å². The number of anilines is 1. The molecule has 24 heavy (non-hydrogen) atoms. The van der Waals surface area contributed by atoms with Crippen LogP contribution < -0.4 is 5.73 Å². The van der Waals surface area contributed by atoms with Gasteiger partial charge in [0, 0.05) is 54.6 Å². The third kappa shape index (κ3) is 3.68. The fourth-order valence-electron chi connectivity index (χ4n) is 2.87. The van der Waals surface area contributed by atoms with Gasteiger partial charge in [0.25, 0.3) is 5.91 Å². The lowest BCUT2D eigenvalue weighted by molar-refractivity contribution is 0.0627. The SMILES string of the molecule is Nc1cccc(C(=O)N2CCN(Cc3c(F)cccc3Cl)CC2)c1. The fraction of sp³-hybridized carbons (Fsp3) is 0.278. The molecule has 1 aliphatic rings. The number of hydrogen-bond donors (Lipinski definition) is 1. The van der Waals surface area contributed by atoms with Crippen LogP contribution in [0.3, 0.4) is 0 Å². The molecule has 0 saturated carbocycles. The first kappa shape index (κ1) is 16.7. The van der Waals surface area contributed by atoms with Crippen molar-refractivity contribution in [3.8, 4) is 0 Å². The minimum atomic E-state index is -0.291. The van der Waals surface area contributed by atoms with E-state index in [2.05, 4.69) is 4.90 Å². The molecule has 4 nitrogen and oxygen atoms in total. The molecular formula is C18H19ClFN3O. The molecule has 0 aromatic heterocycles. The van der Waals surface area contributed by atoms with Gasteiger partial charge in [0.15, 0.2) is 0 Å². The number of nitrogens with zero attached hydrogens (tertiary/aromatic N) is 2. The minimum absolute atomic E-state index is 0.0223. The van der Waals surface area contributed by atoms with Crippen molar-refractivity contribution in [1.82, 2.24) is 9.80 Å². The van der Waals surface area contributed by atoms with Crippen LogP contribution >= 0.6 is 11.6 Å². The number of benzene rings is 2. The molecule has 1 aliphatic heterocycles. The number of amides is 1. The first-order valence-electron chi connectivity index (χ1n) is 7.84. The molecule has 1 fully saturated rings. The van der Waals surface area contributed by atoms with Crippen molar-refractivity contribution in [1.29, 1.82) is 0 Å². The Kier molecular flexibility index (Phi) is 5.02. The molecule has 1 amide bonds. The quantitative estimate of drug-likeness (QED) is 0.868. The summed E-state index contributed by atoms with van der Waals surface area (Å²) < 4.78 is 13.9. The summed E-state index contributed by atoms with van der Waals surface area (Å²) in [5, 5.41) is 0.438. The van der Waals surface area contributed by atoms with Gasteiger partial charge in [0.05, 0.1) is 0 Å². The van der Waals surface area contributed by atoms with Crippen LogP contribution in [-0.2, 0) is 6.54 Å². The monoisotopic (exact) mass is 347 g/mol. The lowest BCUT2D eigenvalue weighted by Crippen LogP contribution is -2.48. The number of piperazine rings is 1. The average Bonchev–Trinajstić information content (AvgIpc) is 2.58. The summed E-state index contributed by atoms with van der Waals surface area (Å²) in [7, 11) is 0. The molecule has 1 saturated heterocycles. The van der Waals surface area contributed by atoms with Gasteiger partial charge in [0.2, 0.25) is 0 Å². The molecule has 3 rings (SSSR count). The predicted molar refractivity (Wildman–Crippen MR) is 93.4 cm³/mol. The molecule has 0 radical (unpaired) electrons. The van der Waals surface area contributed by atoms with E-state index in [0.29, 0.717) is 54.6 Å². The highest BCUT2D eigenvalue weighted by Gasteiger charge is 2.23. The van der Waals surface area contributed by atoms with Crippen LogP contribution in [0.1, 0.15) is 15.9 Å². The van der Waals surface area contributed by atoms with E-state index in [-0.39, 0.29) is 11.7 Å². The minimum Gasteiger partial charge on any atom is -0.399 e. The molecule has 0 spiro atoms. The van der Waals surface area contributed by atoms with Crippen LogP contribution in [-0.4, -0.2) is 41.9 Å². The Balaban J connectivity index is 1.61. The number of carbonyl (C=O) groups is 1. The standard InChI is InChI=1S/C18H19ClFN3O/c19-16-5-2-6-17(20)15(16)12-22-7-9-23(10-8-22)18(24)13-3-1-4-14(21)11-13/h1-6,11H,7-10,12,21H2. The number of nitrogens with two attached hydrogens (primary N) is 1. The highest BCUT2D eigenvalue weighted by molar-refractivity contribution is 6.31. The summed E-state index contributed by atoms with van der Waals surface area (Å²) in [6.45, 7) is 3.00. The topological polar surface area (TPSA) is 49.6 Å². The van der Waals surface area contributed by atoms with Crippen molar-refractivity contribution in [2.45, 2.75) is 6.54 Å².